The van der Waals surface area contributed by atoms with Crippen LogP contribution in [0.15, 0.2) is 52.4 Å². The van der Waals surface area contributed by atoms with Crippen LogP contribution in [0, 0.1) is 11.3 Å². The molecule has 1 N–H and O–H groups in total. The maximum absolute atomic E-state index is 12.4. The Hall–Kier alpha value is -2.82. The molecule has 0 aliphatic carbocycles. The van der Waals surface area contributed by atoms with E-state index in [1.165, 1.54) is 10.6 Å². The molecule has 0 saturated carbocycles. The van der Waals surface area contributed by atoms with Crippen LogP contribution in [0.2, 0.25) is 5.02 Å². The van der Waals surface area contributed by atoms with E-state index in [9.17, 15) is 9.59 Å². The third kappa shape index (κ3) is 3.72. The van der Waals surface area contributed by atoms with Crippen molar-refractivity contribution in [2.45, 2.75) is 5.16 Å². The Labute approximate surface area is 158 Å². The van der Waals surface area contributed by atoms with Gasteiger partial charge in [0.25, 0.3) is 5.56 Å². The highest BCUT2D eigenvalue weighted by Crippen LogP contribution is 2.22. The van der Waals surface area contributed by atoms with Crippen molar-refractivity contribution in [2.24, 2.45) is 7.05 Å². The molecule has 0 fully saturated rings. The number of aromatic nitrogens is 2. The van der Waals surface area contributed by atoms with Crippen molar-refractivity contribution in [3.63, 3.8) is 0 Å². The molecular weight excluding hydrogens is 372 g/mol. The van der Waals surface area contributed by atoms with Gasteiger partial charge in [-0.3, -0.25) is 14.2 Å². The zero-order valence-corrected chi connectivity index (χ0v) is 15.3. The minimum absolute atomic E-state index is 0.0377. The van der Waals surface area contributed by atoms with Gasteiger partial charge in [-0.15, -0.1) is 0 Å². The van der Waals surface area contributed by atoms with E-state index in [4.69, 9.17) is 16.9 Å². The lowest BCUT2D eigenvalue weighted by atomic mass is 10.2. The van der Waals surface area contributed by atoms with Crippen LogP contribution in [0.4, 0.5) is 5.69 Å². The van der Waals surface area contributed by atoms with Gasteiger partial charge in [-0.2, -0.15) is 5.26 Å². The molecule has 0 aliphatic heterocycles. The van der Waals surface area contributed by atoms with Crippen LogP contribution in [0.5, 0.6) is 0 Å². The highest BCUT2D eigenvalue weighted by atomic mass is 35.5. The molecule has 1 aromatic heterocycles. The smallest absolute Gasteiger partial charge is 0.261 e. The van der Waals surface area contributed by atoms with Crippen molar-refractivity contribution < 1.29 is 4.79 Å². The second-order valence-corrected chi connectivity index (χ2v) is 6.79. The van der Waals surface area contributed by atoms with E-state index in [1.54, 1.807) is 43.4 Å². The standard InChI is InChI=1S/C18H13ClN4O2S/c1-23-17(25)13-4-2-3-5-14(13)22-18(23)26-10-16(24)21-15-8-12(19)7-6-11(15)9-20/h2-8H,10H2,1H3,(H,21,24). The van der Waals surface area contributed by atoms with Gasteiger partial charge in [0.2, 0.25) is 5.91 Å². The van der Waals surface area contributed by atoms with Gasteiger partial charge in [0.15, 0.2) is 5.16 Å². The number of amides is 1. The number of hydrogen-bond acceptors (Lipinski definition) is 5. The van der Waals surface area contributed by atoms with E-state index in [0.717, 1.165) is 11.8 Å². The highest BCUT2D eigenvalue weighted by Gasteiger charge is 2.12. The largest absolute Gasteiger partial charge is 0.324 e. The summed E-state index contributed by atoms with van der Waals surface area (Å²) in [7, 11) is 1.62. The number of fused-ring (bicyclic) bond motifs is 1. The summed E-state index contributed by atoms with van der Waals surface area (Å²) < 4.78 is 1.42. The summed E-state index contributed by atoms with van der Waals surface area (Å²) in [5.74, 6) is -0.285. The summed E-state index contributed by atoms with van der Waals surface area (Å²) in [4.78, 5) is 29.0. The molecule has 6 nitrogen and oxygen atoms in total. The lowest BCUT2D eigenvalue weighted by molar-refractivity contribution is -0.113. The van der Waals surface area contributed by atoms with E-state index in [-0.39, 0.29) is 17.2 Å². The fraction of sp³-hybridized carbons (Fsp3) is 0.111. The number of thioether (sulfide) groups is 1. The van der Waals surface area contributed by atoms with Crippen LogP contribution in [-0.2, 0) is 11.8 Å². The van der Waals surface area contributed by atoms with Gasteiger partial charge >= 0.3 is 0 Å². The van der Waals surface area contributed by atoms with Crippen molar-refractivity contribution in [2.75, 3.05) is 11.1 Å². The Morgan fingerprint density at radius 1 is 1.35 bits per heavy atom. The summed E-state index contributed by atoms with van der Waals surface area (Å²) in [5, 5.41) is 13.2. The Kier molecular flexibility index (Phi) is 5.26. The van der Waals surface area contributed by atoms with E-state index in [0.29, 0.717) is 32.3 Å². The predicted molar refractivity (Wildman–Crippen MR) is 103 cm³/mol. The van der Waals surface area contributed by atoms with Gasteiger partial charge in [0, 0.05) is 12.1 Å². The molecule has 0 atom stereocenters. The maximum Gasteiger partial charge on any atom is 0.261 e. The Bertz CT molecular complexity index is 1100. The second kappa shape index (κ2) is 7.60. The molecule has 130 valence electrons. The first kappa shape index (κ1) is 18.0. The molecule has 3 aromatic rings. The van der Waals surface area contributed by atoms with E-state index < -0.39 is 0 Å². The average molecular weight is 385 g/mol. The fourth-order valence-corrected chi connectivity index (χ4v) is 3.30. The number of anilines is 1. The Morgan fingerprint density at radius 3 is 2.88 bits per heavy atom. The maximum atomic E-state index is 12.4. The minimum Gasteiger partial charge on any atom is -0.324 e. The first-order valence-corrected chi connectivity index (χ1v) is 8.94. The number of nitrogens with one attached hydrogen (secondary N) is 1. The average Bonchev–Trinajstić information content (AvgIpc) is 2.64. The van der Waals surface area contributed by atoms with E-state index in [2.05, 4.69) is 10.3 Å². The Balaban J connectivity index is 1.78. The quantitative estimate of drug-likeness (QED) is 0.551. The molecule has 3 rings (SSSR count). The van der Waals surface area contributed by atoms with Gasteiger partial charge in [-0.05, 0) is 30.3 Å². The van der Waals surface area contributed by atoms with Crippen LogP contribution < -0.4 is 10.9 Å². The zero-order chi connectivity index (χ0) is 18.7. The van der Waals surface area contributed by atoms with Crippen LogP contribution >= 0.6 is 23.4 Å². The molecule has 2 aromatic carbocycles. The van der Waals surface area contributed by atoms with Gasteiger partial charge in [-0.25, -0.2) is 4.98 Å². The molecule has 1 heterocycles. The van der Waals surface area contributed by atoms with Crippen molar-refractivity contribution >= 4 is 45.9 Å². The first-order chi connectivity index (χ1) is 12.5. The van der Waals surface area contributed by atoms with Crippen LogP contribution in [0.3, 0.4) is 0 Å². The number of nitriles is 1. The normalized spacial score (nSPS) is 10.5. The molecule has 1 amide bonds. The number of carbonyl (C=O) groups is 1. The summed E-state index contributed by atoms with van der Waals surface area (Å²) in [6.45, 7) is 0. The monoisotopic (exact) mass is 384 g/mol. The molecule has 0 unspecified atom stereocenters. The van der Waals surface area contributed by atoms with Crippen LogP contribution in [-0.4, -0.2) is 21.2 Å². The van der Waals surface area contributed by atoms with Crippen LogP contribution in [0.25, 0.3) is 10.9 Å². The molecule has 8 heteroatoms. The second-order valence-electron chi connectivity index (χ2n) is 5.41. The van der Waals surface area contributed by atoms with Gasteiger partial charge in [0.1, 0.15) is 6.07 Å². The number of para-hydroxylation sites is 1. The molecule has 0 saturated heterocycles. The van der Waals surface area contributed by atoms with E-state index in [1.807, 2.05) is 6.07 Å². The number of halogens is 1. The summed E-state index contributed by atoms with van der Waals surface area (Å²) in [6, 6.07) is 13.7. The third-order valence-electron chi connectivity index (χ3n) is 3.65. The highest BCUT2D eigenvalue weighted by molar-refractivity contribution is 7.99. The molecule has 0 bridgehead atoms. The number of nitrogens with zero attached hydrogens (tertiary/aromatic N) is 3. The number of rotatable bonds is 4. The van der Waals surface area contributed by atoms with Gasteiger partial charge in [0.05, 0.1) is 27.9 Å². The Morgan fingerprint density at radius 2 is 2.12 bits per heavy atom. The number of benzene rings is 2. The summed E-state index contributed by atoms with van der Waals surface area (Å²) >= 11 is 7.05. The van der Waals surface area contributed by atoms with Gasteiger partial charge < -0.3 is 5.32 Å². The first-order valence-electron chi connectivity index (χ1n) is 7.57. The molecule has 0 aliphatic rings. The zero-order valence-electron chi connectivity index (χ0n) is 13.7. The topological polar surface area (TPSA) is 87.8 Å². The molecule has 0 spiro atoms. The fourth-order valence-electron chi connectivity index (χ4n) is 2.36. The van der Waals surface area contributed by atoms with Crippen molar-refractivity contribution in [1.29, 1.82) is 5.26 Å². The van der Waals surface area contributed by atoms with Crippen LogP contribution in [0.1, 0.15) is 5.56 Å². The summed E-state index contributed by atoms with van der Waals surface area (Å²) in [6.07, 6.45) is 0. The van der Waals surface area contributed by atoms with Crippen molar-refractivity contribution in [3.05, 3.63) is 63.4 Å². The SMILES string of the molecule is Cn1c(SCC(=O)Nc2cc(Cl)ccc2C#N)nc2ccccc2c1=O. The number of hydrogen-bond donors (Lipinski definition) is 1. The van der Waals surface area contributed by atoms with Crippen molar-refractivity contribution in [3.8, 4) is 6.07 Å². The number of carbonyl (C=O) groups excluding carboxylic acids is 1. The molecular formula is C18H13ClN4O2S. The van der Waals surface area contributed by atoms with Crippen molar-refractivity contribution in [1.82, 2.24) is 9.55 Å². The molecule has 26 heavy (non-hydrogen) atoms. The third-order valence-corrected chi connectivity index (χ3v) is 4.92. The van der Waals surface area contributed by atoms with E-state index >= 15 is 0 Å². The summed E-state index contributed by atoms with van der Waals surface area (Å²) in [5.41, 5.74) is 1.09. The van der Waals surface area contributed by atoms with Gasteiger partial charge in [-0.1, -0.05) is 35.5 Å². The molecule has 0 radical (unpaired) electrons. The minimum atomic E-state index is -0.323. The predicted octanol–water partition coefficient (Wildman–Crippen LogP) is 3.19. The lowest BCUT2D eigenvalue weighted by Gasteiger charge is -2.10. The lowest BCUT2D eigenvalue weighted by Crippen LogP contribution is -2.21.